The molecule has 2 aromatic rings. The third-order valence-corrected chi connectivity index (χ3v) is 6.98. The highest BCUT2D eigenvalue weighted by molar-refractivity contribution is 5.86. The second kappa shape index (κ2) is 8.75. The van der Waals surface area contributed by atoms with Crippen LogP contribution in [0.5, 0.6) is 0 Å². The highest BCUT2D eigenvalue weighted by atomic mass is 16.5. The molecule has 1 aromatic carbocycles. The Kier molecular flexibility index (Phi) is 6.22. The van der Waals surface area contributed by atoms with Gasteiger partial charge in [-0.3, -0.25) is 9.69 Å². The molecule has 0 N–H and O–H groups in total. The molecule has 2 fully saturated rings. The van der Waals surface area contributed by atoms with Gasteiger partial charge in [-0.25, -0.2) is 4.98 Å². The van der Waals surface area contributed by atoms with Crippen LogP contribution in [-0.2, 0) is 16.1 Å². The minimum atomic E-state index is -0.386. The number of ether oxygens (including phenoxy) is 1. The zero-order chi connectivity index (χ0) is 22.2. The highest BCUT2D eigenvalue weighted by Crippen LogP contribution is 2.49. The summed E-state index contributed by atoms with van der Waals surface area (Å²) in [5.41, 5.74) is 4.57. The van der Waals surface area contributed by atoms with E-state index in [0.717, 1.165) is 38.3 Å². The molecule has 1 spiro atoms. The Morgan fingerprint density at radius 2 is 1.97 bits per heavy atom. The van der Waals surface area contributed by atoms with Gasteiger partial charge in [0, 0.05) is 58.0 Å². The summed E-state index contributed by atoms with van der Waals surface area (Å²) in [7, 11) is 1.69. The summed E-state index contributed by atoms with van der Waals surface area (Å²) < 4.78 is 7.40. The number of hydrogen-bond acceptors (Lipinski definition) is 4. The van der Waals surface area contributed by atoms with E-state index < -0.39 is 0 Å². The number of amides is 1. The molecule has 2 aliphatic heterocycles. The molecule has 2 aliphatic rings. The topological polar surface area (TPSA) is 50.6 Å². The van der Waals surface area contributed by atoms with Gasteiger partial charge in [0.15, 0.2) is 0 Å². The molecule has 0 saturated carbocycles. The monoisotopic (exact) mass is 424 g/mol. The molecule has 1 amide bonds. The zero-order valence-electron chi connectivity index (χ0n) is 19.6. The number of carbonyl (C=O) groups is 1. The lowest BCUT2D eigenvalue weighted by Crippen LogP contribution is -2.40. The van der Waals surface area contributed by atoms with Crippen molar-refractivity contribution in [3.8, 4) is 0 Å². The van der Waals surface area contributed by atoms with Gasteiger partial charge in [0.05, 0.1) is 24.0 Å². The number of methoxy groups -OCH3 is 1. The van der Waals surface area contributed by atoms with Gasteiger partial charge < -0.3 is 14.2 Å². The average Bonchev–Trinajstić information content (AvgIpc) is 3.39. The summed E-state index contributed by atoms with van der Waals surface area (Å²) in [5.74, 6) is 0.398. The standard InChI is InChI=1S/C25H36N4O2/c1-18(2)29-15-23(26-17-29)22-14-27(13-21-11-19(3)10-20(4)12-21)16-25(22)6-7-28(24(25)30)8-9-31-5/h10-12,15,17-18,22H,6-9,13-14,16H2,1-5H3/t22-,25+/m0/s1. The lowest BCUT2D eigenvalue weighted by Gasteiger charge is -2.28. The molecule has 1 aromatic heterocycles. The Morgan fingerprint density at radius 3 is 2.61 bits per heavy atom. The van der Waals surface area contributed by atoms with E-state index in [2.05, 4.69) is 61.6 Å². The maximum absolute atomic E-state index is 13.7. The van der Waals surface area contributed by atoms with Crippen molar-refractivity contribution < 1.29 is 9.53 Å². The largest absolute Gasteiger partial charge is 0.383 e. The number of carbonyl (C=O) groups excluding carboxylic acids is 1. The third kappa shape index (κ3) is 4.28. The fraction of sp³-hybridized carbons (Fsp3) is 0.600. The van der Waals surface area contributed by atoms with Gasteiger partial charge in [0.2, 0.25) is 5.91 Å². The van der Waals surface area contributed by atoms with Crippen LogP contribution in [0.15, 0.2) is 30.7 Å². The first-order chi connectivity index (χ1) is 14.8. The van der Waals surface area contributed by atoms with E-state index in [1.807, 2.05) is 11.2 Å². The Morgan fingerprint density at radius 1 is 1.23 bits per heavy atom. The fourth-order valence-electron chi connectivity index (χ4n) is 5.48. The van der Waals surface area contributed by atoms with Crippen molar-refractivity contribution in [3.63, 3.8) is 0 Å². The van der Waals surface area contributed by atoms with Crippen LogP contribution in [0, 0.1) is 19.3 Å². The number of imidazole rings is 1. The molecule has 4 rings (SSSR count). The van der Waals surface area contributed by atoms with Crippen LogP contribution in [0.4, 0.5) is 0 Å². The van der Waals surface area contributed by atoms with Gasteiger partial charge >= 0.3 is 0 Å². The Bertz CT molecular complexity index is 917. The predicted octanol–water partition coefficient (Wildman–Crippen LogP) is 3.55. The smallest absolute Gasteiger partial charge is 0.230 e. The van der Waals surface area contributed by atoms with E-state index in [1.165, 1.54) is 16.7 Å². The van der Waals surface area contributed by atoms with Gasteiger partial charge in [-0.15, -0.1) is 0 Å². The van der Waals surface area contributed by atoms with Gasteiger partial charge in [-0.05, 0) is 39.7 Å². The molecule has 168 valence electrons. The van der Waals surface area contributed by atoms with Crippen molar-refractivity contribution in [3.05, 3.63) is 53.1 Å². The van der Waals surface area contributed by atoms with Crippen LogP contribution >= 0.6 is 0 Å². The summed E-state index contributed by atoms with van der Waals surface area (Å²) in [4.78, 5) is 22.9. The minimum Gasteiger partial charge on any atom is -0.383 e. The van der Waals surface area contributed by atoms with Crippen LogP contribution in [0.1, 0.15) is 54.6 Å². The van der Waals surface area contributed by atoms with Gasteiger partial charge in [0.1, 0.15) is 0 Å². The van der Waals surface area contributed by atoms with Crippen molar-refractivity contribution in [1.82, 2.24) is 19.4 Å². The summed E-state index contributed by atoms with van der Waals surface area (Å²) >= 11 is 0. The predicted molar refractivity (Wildman–Crippen MR) is 122 cm³/mol. The molecule has 2 atom stereocenters. The summed E-state index contributed by atoms with van der Waals surface area (Å²) in [6, 6.07) is 7.11. The van der Waals surface area contributed by atoms with E-state index in [0.29, 0.717) is 19.2 Å². The Balaban J connectivity index is 1.62. The first kappa shape index (κ1) is 22.0. The molecule has 2 saturated heterocycles. The van der Waals surface area contributed by atoms with Crippen molar-refractivity contribution in [2.75, 3.05) is 39.9 Å². The van der Waals surface area contributed by atoms with Crippen molar-refractivity contribution in [1.29, 1.82) is 0 Å². The lowest BCUT2D eigenvalue weighted by molar-refractivity contribution is -0.136. The first-order valence-corrected chi connectivity index (χ1v) is 11.4. The quantitative estimate of drug-likeness (QED) is 0.682. The van der Waals surface area contributed by atoms with Crippen LogP contribution in [0.25, 0.3) is 0 Å². The maximum Gasteiger partial charge on any atom is 0.230 e. The van der Waals surface area contributed by atoms with Crippen LogP contribution in [0.2, 0.25) is 0 Å². The fourth-order valence-corrected chi connectivity index (χ4v) is 5.48. The number of rotatable bonds is 7. The molecule has 0 bridgehead atoms. The highest BCUT2D eigenvalue weighted by Gasteiger charge is 2.57. The van der Waals surface area contributed by atoms with Crippen LogP contribution < -0.4 is 0 Å². The Labute approximate surface area is 186 Å². The molecule has 0 radical (unpaired) electrons. The SMILES string of the molecule is COCCN1CC[C@]2(CN(Cc3cc(C)cc(C)c3)C[C@H]2c2cn(C(C)C)cn2)C1=O. The van der Waals surface area contributed by atoms with Crippen molar-refractivity contribution in [2.24, 2.45) is 5.41 Å². The number of hydrogen-bond donors (Lipinski definition) is 0. The molecular weight excluding hydrogens is 388 g/mol. The van der Waals surface area contributed by atoms with Crippen LogP contribution in [0.3, 0.4) is 0 Å². The molecule has 6 heteroatoms. The zero-order valence-corrected chi connectivity index (χ0v) is 19.6. The van der Waals surface area contributed by atoms with E-state index >= 15 is 0 Å². The van der Waals surface area contributed by atoms with Crippen molar-refractivity contribution in [2.45, 2.75) is 52.6 Å². The number of aryl methyl sites for hydroxylation is 2. The van der Waals surface area contributed by atoms with E-state index in [-0.39, 0.29) is 17.2 Å². The number of nitrogens with zero attached hydrogens (tertiary/aromatic N) is 4. The first-order valence-electron chi connectivity index (χ1n) is 11.4. The summed E-state index contributed by atoms with van der Waals surface area (Å²) in [6.45, 7) is 13.2. The molecule has 3 heterocycles. The molecule has 0 unspecified atom stereocenters. The normalized spacial score (nSPS) is 24.3. The van der Waals surface area contributed by atoms with Crippen molar-refractivity contribution >= 4 is 5.91 Å². The molecule has 31 heavy (non-hydrogen) atoms. The Hall–Kier alpha value is -2.18. The summed E-state index contributed by atoms with van der Waals surface area (Å²) in [6.07, 6.45) is 4.96. The molecule has 6 nitrogen and oxygen atoms in total. The van der Waals surface area contributed by atoms with E-state index in [4.69, 9.17) is 9.72 Å². The lowest BCUT2D eigenvalue weighted by atomic mass is 9.75. The van der Waals surface area contributed by atoms with Gasteiger partial charge in [0.25, 0.3) is 0 Å². The minimum absolute atomic E-state index is 0.124. The van der Waals surface area contributed by atoms with Crippen LogP contribution in [-0.4, -0.2) is 65.2 Å². The number of likely N-dealkylation sites (tertiary alicyclic amines) is 2. The number of aromatic nitrogens is 2. The van der Waals surface area contributed by atoms with E-state index in [9.17, 15) is 4.79 Å². The maximum atomic E-state index is 13.7. The van der Waals surface area contributed by atoms with Gasteiger partial charge in [-0.2, -0.15) is 0 Å². The second-order valence-electron chi connectivity index (χ2n) is 9.75. The summed E-state index contributed by atoms with van der Waals surface area (Å²) in [5, 5.41) is 0. The average molecular weight is 425 g/mol. The second-order valence-corrected chi connectivity index (χ2v) is 9.75. The third-order valence-electron chi connectivity index (χ3n) is 6.98. The van der Waals surface area contributed by atoms with Gasteiger partial charge in [-0.1, -0.05) is 29.3 Å². The number of benzene rings is 1. The van der Waals surface area contributed by atoms with E-state index in [1.54, 1.807) is 7.11 Å². The molecule has 0 aliphatic carbocycles. The molecular formula is C25H36N4O2.